The van der Waals surface area contributed by atoms with E-state index in [9.17, 15) is 0 Å². The number of benzene rings is 4. The summed E-state index contributed by atoms with van der Waals surface area (Å²) in [5.41, 5.74) is 1.51. The highest BCUT2D eigenvalue weighted by atomic mass is 14.2. The molecule has 4 aromatic carbocycles. The molecule has 0 saturated heterocycles. The summed E-state index contributed by atoms with van der Waals surface area (Å²) in [6, 6.07) is 20.3. The molecule has 0 aromatic heterocycles. The number of hydrogen-bond acceptors (Lipinski definition) is 0. The van der Waals surface area contributed by atoms with Gasteiger partial charge in [-0.25, -0.2) is 0 Å². The van der Waals surface area contributed by atoms with Crippen molar-refractivity contribution < 1.29 is 0 Å². The highest BCUT2D eigenvalue weighted by Crippen LogP contribution is 2.34. The maximum Gasteiger partial charge on any atom is -0.00237 e. The fraction of sp³-hybridized carbons (Fsp3) is 0.100. The summed E-state index contributed by atoms with van der Waals surface area (Å²) in [4.78, 5) is 0. The first kappa shape index (κ1) is 10.4. The molecular weight excluding hydrogens is 240 g/mol. The van der Waals surface area contributed by atoms with Gasteiger partial charge in [0.05, 0.1) is 0 Å². The van der Waals surface area contributed by atoms with Gasteiger partial charge in [0.15, 0.2) is 0 Å². The number of hydrogen-bond donors (Lipinski definition) is 0. The molecule has 0 radical (unpaired) electrons. The monoisotopic (exact) mass is 254 g/mol. The van der Waals surface area contributed by atoms with Crippen molar-refractivity contribution in [2.45, 2.75) is 12.8 Å². The summed E-state index contributed by atoms with van der Waals surface area (Å²) in [7, 11) is 0. The molecule has 20 heavy (non-hydrogen) atoms. The summed E-state index contributed by atoms with van der Waals surface area (Å²) in [6.45, 7) is 0. The van der Waals surface area contributed by atoms with Crippen molar-refractivity contribution in [3.05, 3.63) is 65.4 Å². The maximum atomic E-state index is 2.39. The molecule has 0 bridgehead atoms. The maximum absolute atomic E-state index is 2.39. The van der Waals surface area contributed by atoms with E-state index >= 15 is 0 Å². The van der Waals surface area contributed by atoms with Crippen LogP contribution in [-0.4, -0.2) is 0 Å². The predicted octanol–water partition coefficient (Wildman–Crippen LogP) is 4.59. The second kappa shape index (κ2) is 3.61. The Labute approximate surface area is 117 Å². The molecule has 0 heterocycles. The van der Waals surface area contributed by atoms with Crippen molar-refractivity contribution in [1.82, 2.24) is 0 Å². The van der Waals surface area contributed by atoms with Gasteiger partial charge in [0.2, 0.25) is 0 Å². The smallest absolute Gasteiger partial charge is 0.00237 e. The van der Waals surface area contributed by atoms with Crippen LogP contribution in [0.5, 0.6) is 0 Å². The molecular formula is C20H14. The van der Waals surface area contributed by atoms with Crippen molar-refractivity contribution in [3.8, 4) is 0 Å². The lowest BCUT2D eigenvalue weighted by Crippen LogP contribution is -2.09. The molecule has 4 aromatic rings. The van der Waals surface area contributed by atoms with Crippen LogP contribution in [0, 0.1) is 0 Å². The van der Waals surface area contributed by atoms with Gasteiger partial charge in [-0.3, -0.25) is 0 Å². The zero-order valence-corrected chi connectivity index (χ0v) is 11.2. The van der Waals surface area contributed by atoms with Crippen LogP contribution < -0.4 is 5.22 Å². The molecule has 0 N–H and O–H groups in total. The quantitative estimate of drug-likeness (QED) is 0.318. The zero-order valence-electron chi connectivity index (χ0n) is 11.2. The average molecular weight is 254 g/mol. The molecule has 5 rings (SSSR count). The predicted molar refractivity (Wildman–Crippen MR) is 87.0 cm³/mol. The Balaban J connectivity index is 2.20. The molecule has 0 unspecified atom stereocenters. The van der Waals surface area contributed by atoms with E-state index in [-0.39, 0.29) is 0 Å². The first-order valence-electron chi connectivity index (χ1n) is 7.28. The fourth-order valence-corrected chi connectivity index (χ4v) is 3.76. The molecule has 0 atom stereocenters. The summed E-state index contributed by atoms with van der Waals surface area (Å²) >= 11 is 0. The number of fused-ring (bicyclic) bond motifs is 2. The molecule has 0 fully saturated rings. The van der Waals surface area contributed by atoms with Crippen LogP contribution >= 0.6 is 0 Å². The van der Waals surface area contributed by atoms with Crippen LogP contribution in [-0.2, 0) is 6.42 Å². The highest BCUT2D eigenvalue weighted by Gasteiger charge is 2.12. The van der Waals surface area contributed by atoms with Gasteiger partial charge in [-0.05, 0) is 62.0 Å². The number of aryl methyl sites for hydroxylation is 1. The molecule has 0 saturated carbocycles. The average Bonchev–Trinajstić information content (AvgIpc) is 2.52. The topological polar surface area (TPSA) is 0 Å². The summed E-state index contributed by atoms with van der Waals surface area (Å²) in [6.07, 6.45) is 4.73. The number of rotatable bonds is 0. The summed E-state index contributed by atoms with van der Waals surface area (Å²) in [5.74, 6) is 0. The second-order valence-electron chi connectivity index (χ2n) is 5.74. The van der Waals surface area contributed by atoms with Crippen molar-refractivity contribution in [1.29, 1.82) is 0 Å². The molecule has 0 amide bonds. The fourth-order valence-electron chi connectivity index (χ4n) is 3.76. The normalized spacial score (nSPS) is 14.0. The molecule has 0 nitrogen and oxygen atoms in total. The lowest BCUT2D eigenvalue weighted by Gasteiger charge is -2.16. The minimum absolute atomic E-state index is 1.17. The lowest BCUT2D eigenvalue weighted by molar-refractivity contribution is 1.04. The Kier molecular flexibility index (Phi) is 1.88. The first-order valence-corrected chi connectivity index (χ1v) is 7.28. The molecule has 1 aliphatic carbocycles. The van der Waals surface area contributed by atoms with Crippen molar-refractivity contribution in [2.75, 3.05) is 0 Å². The van der Waals surface area contributed by atoms with Crippen molar-refractivity contribution in [2.24, 2.45) is 0 Å². The lowest BCUT2D eigenvalue weighted by atomic mass is 9.88. The minimum Gasteiger partial charge on any atom is -0.0763 e. The van der Waals surface area contributed by atoms with Crippen LogP contribution in [0.1, 0.15) is 12.0 Å². The van der Waals surface area contributed by atoms with Crippen LogP contribution in [0.2, 0.25) is 0 Å². The molecule has 0 heteroatoms. The summed E-state index contributed by atoms with van der Waals surface area (Å²) in [5, 5.41) is 9.83. The van der Waals surface area contributed by atoms with Crippen LogP contribution in [0.4, 0.5) is 0 Å². The van der Waals surface area contributed by atoms with Crippen LogP contribution in [0.25, 0.3) is 38.4 Å². The van der Waals surface area contributed by atoms with Gasteiger partial charge in [0.25, 0.3) is 0 Å². The van der Waals surface area contributed by atoms with E-state index in [1.807, 2.05) is 0 Å². The van der Waals surface area contributed by atoms with E-state index in [0.29, 0.717) is 0 Å². The molecule has 94 valence electrons. The van der Waals surface area contributed by atoms with Crippen LogP contribution in [0.15, 0.2) is 54.6 Å². The minimum atomic E-state index is 1.17. The standard InChI is InChI=1S/C20H14/c1-2-7-17-15(4-1)12-16-9-8-13-5-3-6-14-10-11-18(17)20(16)19(13)14/h1-2,4-5,7-12H,3,6H2. The zero-order chi connectivity index (χ0) is 13.1. The third-order valence-electron chi connectivity index (χ3n) is 4.65. The van der Waals surface area contributed by atoms with Gasteiger partial charge >= 0.3 is 0 Å². The van der Waals surface area contributed by atoms with E-state index in [2.05, 4.69) is 60.7 Å². The largest absolute Gasteiger partial charge is 0.0763 e. The molecule has 0 aliphatic heterocycles. The Bertz CT molecular complexity index is 1040. The van der Waals surface area contributed by atoms with E-state index in [4.69, 9.17) is 0 Å². The third kappa shape index (κ3) is 1.21. The first-order chi connectivity index (χ1) is 9.92. The summed E-state index contributed by atoms with van der Waals surface area (Å²) < 4.78 is 0. The third-order valence-corrected chi connectivity index (χ3v) is 4.65. The highest BCUT2D eigenvalue weighted by molar-refractivity contribution is 6.22. The van der Waals surface area contributed by atoms with Gasteiger partial charge < -0.3 is 0 Å². The second-order valence-corrected chi connectivity index (χ2v) is 5.74. The van der Waals surface area contributed by atoms with E-state index < -0.39 is 0 Å². The van der Waals surface area contributed by atoms with Gasteiger partial charge in [0.1, 0.15) is 0 Å². The Hall–Kier alpha value is -2.34. The van der Waals surface area contributed by atoms with E-state index in [1.165, 1.54) is 55.9 Å². The van der Waals surface area contributed by atoms with Gasteiger partial charge in [0, 0.05) is 0 Å². The van der Waals surface area contributed by atoms with Gasteiger partial charge in [-0.15, -0.1) is 0 Å². The molecule has 1 aliphatic rings. The van der Waals surface area contributed by atoms with E-state index in [0.717, 1.165) is 0 Å². The Morgan fingerprint density at radius 3 is 2.65 bits per heavy atom. The Morgan fingerprint density at radius 1 is 0.700 bits per heavy atom. The van der Waals surface area contributed by atoms with Crippen molar-refractivity contribution >= 4 is 38.4 Å². The molecule has 0 spiro atoms. The van der Waals surface area contributed by atoms with E-state index in [1.54, 1.807) is 0 Å². The van der Waals surface area contributed by atoms with Crippen LogP contribution in [0.3, 0.4) is 0 Å². The van der Waals surface area contributed by atoms with Crippen molar-refractivity contribution in [3.63, 3.8) is 0 Å². The van der Waals surface area contributed by atoms with Gasteiger partial charge in [-0.2, -0.15) is 0 Å². The van der Waals surface area contributed by atoms with Gasteiger partial charge in [-0.1, -0.05) is 54.6 Å². The Morgan fingerprint density at radius 2 is 1.65 bits per heavy atom. The SMILES string of the molecule is C1=c2ccc3cc4ccccc4c4ccc(c2c34)CC1.